The predicted molar refractivity (Wildman–Crippen MR) is 98.6 cm³/mol. The molecule has 1 aromatic heterocycles. The summed E-state index contributed by atoms with van der Waals surface area (Å²) in [5.41, 5.74) is 1.41. The molecule has 0 saturated heterocycles. The summed E-state index contributed by atoms with van der Waals surface area (Å²) in [6.07, 6.45) is 0. The molecule has 0 radical (unpaired) electrons. The maximum Gasteiger partial charge on any atom is 0.214 e. The highest BCUT2D eigenvalue weighted by molar-refractivity contribution is 7.99. The molecule has 0 aliphatic rings. The van der Waals surface area contributed by atoms with Gasteiger partial charge in [-0.2, -0.15) is 4.68 Å². The number of methoxy groups -OCH3 is 1. The monoisotopic (exact) mass is 356 g/mol. The highest BCUT2D eigenvalue weighted by Gasteiger charge is 2.15. The van der Waals surface area contributed by atoms with Crippen molar-refractivity contribution >= 4 is 17.5 Å². The standard InChI is InChI=1S/C16H14N4O2S.C2H6/c1-22-15-10-6-5-9-13(15)14(21)11-23-16-17-18-19-20(16)12-7-3-2-4-8-12;1-2/h2-10H,11H2,1H3;1-2H3. The summed E-state index contributed by atoms with van der Waals surface area (Å²) in [4.78, 5) is 12.4. The molecule has 0 atom stereocenters. The number of thioether (sulfide) groups is 1. The van der Waals surface area contributed by atoms with Gasteiger partial charge >= 0.3 is 0 Å². The van der Waals surface area contributed by atoms with Gasteiger partial charge in [0.05, 0.1) is 24.1 Å². The van der Waals surface area contributed by atoms with Crippen LogP contribution >= 0.6 is 11.8 Å². The minimum Gasteiger partial charge on any atom is -0.496 e. The second-order valence-electron chi connectivity index (χ2n) is 4.62. The van der Waals surface area contributed by atoms with E-state index < -0.39 is 0 Å². The van der Waals surface area contributed by atoms with Crippen molar-refractivity contribution in [2.45, 2.75) is 19.0 Å². The Morgan fingerprint density at radius 1 is 1.08 bits per heavy atom. The number of rotatable bonds is 6. The lowest BCUT2D eigenvalue weighted by Crippen LogP contribution is -2.06. The molecule has 3 rings (SSSR count). The normalized spacial score (nSPS) is 9.88. The average Bonchev–Trinajstić information content (AvgIpc) is 3.17. The van der Waals surface area contributed by atoms with E-state index in [2.05, 4.69) is 15.5 Å². The second kappa shape index (κ2) is 9.58. The van der Waals surface area contributed by atoms with Gasteiger partial charge in [-0.05, 0) is 34.7 Å². The van der Waals surface area contributed by atoms with Gasteiger partial charge in [0.15, 0.2) is 5.78 Å². The summed E-state index contributed by atoms with van der Waals surface area (Å²) in [5.74, 6) is 0.768. The summed E-state index contributed by atoms with van der Waals surface area (Å²) in [6, 6.07) is 16.7. The van der Waals surface area contributed by atoms with Crippen LogP contribution < -0.4 is 4.74 Å². The Kier molecular flexibility index (Phi) is 7.16. The first-order valence-electron chi connectivity index (χ1n) is 7.92. The van der Waals surface area contributed by atoms with Gasteiger partial charge in [-0.15, -0.1) is 5.10 Å². The van der Waals surface area contributed by atoms with E-state index in [1.165, 1.54) is 11.8 Å². The van der Waals surface area contributed by atoms with Crippen LogP contribution in [0.1, 0.15) is 24.2 Å². The minimum absolute atomic E-state index is 0.0324. The fraction of sp³-hybridized carbons (Fsp3) is 0.222. The van der Waals surface area contributed by atoms with Gasteiger partial charge in [0.2, 0.25) is 5.16 Å². The van der Waals surface area contributed by atoms with Crippen LogP contribution in [0.25, 0.3) is 5.69 Å². The number of ketones is 1. The number of Topliss-reactive ketones (excluding diaryl/α,β-unsaturated/α-hetero) is 1. The van der Waals surface area contributed by atoms with E-state index in [0.29, 0.717) is 16.5 Å². The molecular formula is C18H20N4O2S. The van der Waals surface area contributed by atoms with Crippen molar-refractivity contribution in [3.8, 4) is 11.4 Å². The van der Waals surface area contributed by atoms with E-state index >= 15 is 0 Å². The van der Waals surface area contributed by atoms with E-state index in [1.807, 2.05) is 56.3 Å². The summed E-state index contributed by atoms with van der Waals surface area (Å²) in [6.45, 7) is 4.00. The van der Waals surface area contributed by atoms with E-state index in [0.717, 1.165) is 5.69 Å². The van der Waals surface area contributed by atoms with Gasteiger partial charge in [0, 0.05) is 0 Å². The Labute approximate surface area is 151 Å². The lowest BCUT2D eigenvalue weighted by atomic mass is 10.1. The molecule has 3 aromatic rings. The zero-order valence-corrected chi connectivity index (χ0v) is 15.2. The van der Waals surface area contributed by atoms with Crippen LogP contribution in [-0.2, 0) is 0 Å². The summed E-state index contributed by atoms with van der Waals surface area (Å²) >= 11 is 1.29. The maximum absolute atomic E-state index is 12.4. The van der Waals surface area contributed by atoms with E-state index in [-0.39, 0.29) is 11.5 Å². The number of carbonyl (C=O) groups is 1. The fourth-order valence-corrected chi connectivity index (χ4v) is 2.86. The molecule has 2 aromatic carbocycles. The number of ether oxygens (including phenoxy) is 1. The molecular weight excluding hydrogens is 336 g/mol. The van der Waals surface area contributed by atoms with Crippen LogP contribution in [0, 0.1) is 0 Å². The molecule has 0 fully saturated rings. The number of benzene rings is 2. The van der Waals surface area contributed by atoms with E-state index in [1.54, 1.807) is 23.9 Å². The molecule has 0 bridgehead atoms. The molecule has 0 unspecified atom stereocenters. The molecule has 0 spiro atoms. The Morgan fingerprint density at radius 2 is 1.76 bits per heavy atom. The SMILES string of the molecule is CC.COc1ccccc1C(=O)CSc1nnnn1-c1ccccc1. The first-order valence-corrected chi connectivity index (χ1v) is 8.91. The Balaban J connectivity index is 0.00000109. The lowest BCUT2D eigenvalue weighted by Gasteiger charge is -2.07. The second-order valence-corrected chi connectivity index (χ2v) is 5.56. The van der Waals surface area contributed by atoms with E-state index in [4.69, 9.17) is 4.74 Å². The van der Waals surface area contributed by atoms with Crippen molar-refractivity contribution < 1.29 is 9.53 Å². The molecule has 0 saturated carbocycles. The topological polar surface area (TPSA) is 69.9 Å². The molecule has 0 N–H and O–H groups in total. The van der Waals surface area contributed by atoms with Crippen LogP contribution in [0.5, 0.6) is 5.75 Å². The molecule has 0 aliphatic heterocycles. The fourth-order valence-electron chi connectivity index (χ4n) is 2.08. The van der Waals surface area contributed by atoms with Crippen molar-refractivity contribution in [3.63, 3.8) is 0 Å². The lowest BCUT2D eigenvalue weighted by molar-refractivity contribution is 0.101. The Bertz CT molecular complexity index is 806. The first-order chi connectivity index (χ1) is 12.3. The van der Waals surface area contributed by atoms with Gasteiger partial charge in [-0.1, -0.05) is 55.9 Å². The third-order valence-electron chi connectivity index (χ3n) is 3.18. The third-order valence-corrected chi connectivity index (χ3v) is 4.10. The van der Waals surface area contributed by atoms with Crippen molar-refractivity contribution in [3.05, 3.63) is 60.2 Å². The number of nitrogens with zero attached hydrogens (tertiary/aromatic N) is 4. The van der Waals surface area contributed by atoms with E-state index in [9.17, 15) is 4.79 Å². The van der Waals surface area contributed by atoms with Crippen LogP contribution in [-0.4, -0.2) is 38.9 Å². The number of hydrogen-bond donors (Lipinski definition) is 0. The number of tetrazole rings is 1. The average molecular weight is 356 g/mol. The number of aromatic nitrogens is 4. The zero-order valence-electron chi connectivity index (χ0n) is 14.4. The Hall–Kier alpha value is -2.67. The number of para-hydroxylation sites is 2. The zero-order chi connectivity index (χ0) is 18.1. The molecule has 1 heterocycles. The first kappa shape index (κ1) is 18.7. The number of hydrogen-bond acceptors (Lipinski definition) is 6. The highest BCUT2D eigenvalue weighted by atomic mass is 32.2. The van der Waals surface area contributed by atoms with Gasteiger partial charge < -0.3 is 4.74 Å². The number of carbonyl (C=O) groups excluding carboxylic acids is 1. The van der Waals surface area contributed by atoms with Crippen molar-refractivity contribution in [1.82, 2.24) is 20.2 Å². The largest absolute Gasteiger partial charge is 0.496 e. The van der Waals surface area contributed by atoms with Crippen LogP contribution in [0.15, 0.2) is 59.8 Å². The van der Waals surface area contributed by atoms with Gasteiger partial charge in [0.25, 0.3) is 0 Å². The van der Waals surface area contributed by atoms with Crippen molar-refractivity contribution in [2.75, 3.05) is 12.9 Å². The van der Waals surface area contributed by atoms with Crippen LogP contribution in [0.2, 0.25) is 0 Å². The van der Waals surface area contributed by atoms with Crippen molar-refractivity contribution in [1.29, 1.82) is 0 Å². The van der Waals surface area contributed by atoms with Crippen LogP contribution in [0.4, 0.5) is 0 Å². The van der Waals surface area contributed by atoms with Gasteiger partial charge in [-0.3, -0.25) is 4.79 Å². The molecule has 25 heavy (non-hydrogen) atoms. The van der Waals surface area contributed by atoms with Crippen LogP contribution in [0.3, 0.4) is 0 Å². The molecule has 0 aliphatic carbocycles. The van der Waals surface area contributed by atoms with Crippen molar-refractivity contribution in [2.24, 2.45) is 0 Å². The predicted octanol–water partition coefficient (Wildman–Crippen LogP) is 3.67. The highest BCUT2D eigenvalue weighted by Crippen LogP contribution is 2.23. The Morgan fingerprint density at radius 3 is 2.48 bits per heavy atom. The molecule has 7 heteroatoms. The summed E-state index contributed by atoms with van der Waals surface area (Å²) in [7, 11) is 1.55. The maximum atomic E-state index is 12.4. The third kappa shape index (κ3) is 4.67. The minimum atomic E-state index is -0.0324. The quantitative estimate of drug-likeness (QED) is 0.496. The molecule has 6 nitrogen and oxygen atoms in total. The van der Waals surface area contributed by atoms with Gasteiger partial charge in [-0.25, -0.2) is 0 Å². The summed E-state index contributed by atoms with van der Waals surface area (Å²) < 4.78 is 6.83. The molecule has 130 valence electrons. The summed E-state index contributed by atoms with van der Waals surface area (Å²) in [5, 5.41) is 12.2. The molecule has 0 amide bonds. The smallest absolute Gasteiger partial charge is 0.214 e. The van der Waals surface area contributed by atoms with Gasteiger partial charge in [0.1, 0.15) is 5.75 Å².